The van der Waals surface area contributed by atoms with Crippen molar-refractivity contribution < 1.29 is 14.3 Å². The number of halogens is 1. The van der Waals surface area contributed by atoms with Crippen LogP contribution < -0.4 is 0 Å². The maximum Gasteiger partial charge on any atom is 0.211 e. The van der Waals surface area contributed by atoms with Crippen molar-refractivity contribution in [3.05, 3.63) is 65.4 Å². The molecule has 0 amide bonds. The van der Waals surface area contributed by atoms with Gasteiger partial charge in [0.25, 0.3) is 0 Å². The van der Waals surface area contributed by atoms with Gasteiger partial charge in [-0.1, -0.05) is 19.4 Å². The van der Waals surface area contributed by atoms with Gasteiger partial charge >= 0.3 is 0 Å². The Balaban J connectivity index is 2.12. The molecule has 0 unspecified atom stereocenters. The van der Waals surface area contributed by atoms with Gasteiger partial charge in [0, 0.05) is 11.8 Å². The van der Waals surface area contributed by atoms with E-state index in [9.17, 15) is 14.3 Å². The maximum atomic E-state index is 13.6. The highest BCUT2D eigenvalue weighted by molar-refractivity contribution is 6.09. The number of nitrogens with zero attached hydrogens (tertiary/aromatic N) is 2. The SMILES string of the molecule is CCCCc1nc2ccccn2c1C(=O)c1ccc(O)c(F)c1. The van der Waals surface area contributed by atoms with E-state index in [4.69, 9.17) is 0 Å². The molecule has 0 atom stereocenters. The number of imidazole rings is 1. The zero-order valence-electron chi connectivity index (χ0n) is 12.8. The predicted octanol–water partition coefficient (Wildman–Crippen LogP) is 3.75. The van der Waals surface area contributed by atoms with Gasteiger partial charge in [-0.05, 0) is 43.2 Å². The van der Waals surface area contributed by atoms with E-state index in [0.717, 1.165) is 24.6 Å². The first-order valence-electron chi connectivity index (χ1n) is 7.61. The van der Waals surface area contributed by atoms with Crippen LogP contribution in [0.15, 0.2) is 42.6 Å². The molecule has 0 saturated heterocycles. The third-order valence-corrected chi connectivity index (χ3v) is 3.79. The number of pyridine rings is 1. The number of rotatable bonds is 5. The molecule has 3 rings (SSSR count). The summed E-state index contributed by atoms with van der Waals surface area (Å²) in [5, 5.41) is 9.29. The fourth-order valence-corrected chi connectivity index (χ4v) is 2.59. The minimum atomic E-state index is -0.806. The first-order chi connectivity index (χ1) is 11.1. The van der Waals surface area contributed by atoms with E-state index in [1.165, 1.54) is 12.1 Å². The molecule has 2 heterocycles. The van der Waals surface area contributed by atoms with Crippen molar-refractivity contribution in [3.8, 4) is 5.75 Å². The quantitative estimate of drug-likeness (QED) is 0.730. The van der Waals surface area contributed by atoms with Gasteiger partial charge in [0.15, 0.2) is 11.6 Å². The zero-order valence-corrected chi connectivity index (χ0v) is 12.8. The number of carbonyl (C=O) groups is 1. The smallest absolute Gasteiger partial charge is 0.211 e. The topological polar surface area (TPSA) is 54.6 Å². The Bertz CT molecular complexity index is 871. The molecule has 0 spiro atoms. The van der Waals surface area contributed by atoms with Gasteiger partial charge in [0.2, 0.25) is 5.78 Å². The van der Waals surface area contributed by atoms with Gasteiger partial charge in [-0.2, -0.15) is 0 Å². The van der Waals surface area contributed by atoms with Crippen LogP contribution in [0.25, 0.3) is 5.65 Å². The van der Waals surface area contributed by atoms with Crippen LogP contribution in [0.5, 0.6) is 5.75 Å². The fourth-order valence-electron chi connectivity index (χ4n) is 2.59. The van der Waals surface area contributed by atoms with Crippen LogP contribution in [0.2, 0.25) is 0 Å². The number of aryl methyl sites for hydroxylation is 1. The molecule has 0 aliphatic heterocycles. The summed E-state index contributed by atoms with van der Waals surface area (Å²) in [6.07, 6.45) is 4.39. The standard InChI is InChI=1S/C18H17FN2O2/c1-2-3-6-14-17(21-10-5-4-7-16(21)20-14)18(23)12-8-9-15(22)13(19)11-12/h4-5,7-11,22H,2-3,6H2,1H3. The van der Waals surface area contributed by atoms with Gasteiger partial charge in [0.05, 0.1) is 5.69 Å². The summed E-state index contributed by atoms with van der Waals surface area (Å²) in [4.78, 5) is 17.4. The number of phenolic OH excluding ortho intramolecular Hbond substituents is 1. The second-order valence-electron chi connectivity index (χ2n) is 5.43. The molecular weight excluding hydrogens is 295 g/mol. The monoisotopic (exact) mass is 312 g/mol. The Kier molecular flexibility index (Phi) is 4.10. The molecule has 23 heavy (non-hydrogen) atoms. The highest BCUT2D eigenvalue weighted by Gasteiger charge is 2.21. The molecule has 3 aromatic rings. The lowest BCUT2D eigenvalue weighted by atomic mass is 10.0. The average molecular weight is 312 g/mol. The fraction of sp³-hybridized carbons (Fsp3) is 0.222. The number of unbranched alkanes of at least 4 members (excludes halogenated alkanes) is 1. The summed E-state index contributed by atoms with van der Waals surface area (Å²) in [5.41, 5.74) is 2.07. The Morgan fingerprint density at radius 2 is 2.13 bits per heavy atom. The third kappa shape index (κ3) is 2.82. The largest absolute Gasteiger partial charge is 0.505 e. The lowest BCUT2D eigenvalue weighted by Gasteiger charge is -2.05. The van der Waals surface area contributed by atoms with Crippen molar-refractivity contribution in [2.24, 2.45) is 0 Å². The van der Waals surface area contributed by atoms with E-state index in [2.05, 4.69) is 11.9 Å². The number of hydrogen-bond acceptors (Lipinski definition) is 3. The molecule has 5 heteroatoms. The summed E-state index contributed by atoms with van der Waals surface area (Å²) < 4.78 is 15.3. The lowest BCUT2D eigenvalue weighted by molar-refractivity contribution is 0.103. The Hall–Kier alpha value is -2.69. The molecular formula is C18H17FN2O2. The number of aromatic hydroxyl groups is 1. The molecule has 0 bridgehead atoms. The molecule has 1 aromatic carbocycles. The normalized spacial score (nSPS) is 11.0. The van der Waals surface area contributed by atoms with Crippen molar-refractivity contribution >= 4 is 11.4 Å². The van der Waals surface area contributed by atoms with Gasteiger partial charge in [-0.3, -0.25) is 9.20 Å². The van der Waals surface area contributed by atoms with E-state index in [-0.39, 0.29) is 11.3 Å². The van der Waals surface area contributed by atoms with Gasteiger partial charge < -0.3 is 5.11 Å². The summed E-state index contributed by atoms with van der Waals surface area (Å²) in [6, 6.07) is 9.20. The molecule has 1 N–H and O–H groups in total. The Morgan fingerprint density at radius 3 is 2.87 bits per heavy atom. The van der Waals surface area contributed by atoms with Crippen molar-refractivity contribution in [3.63, 3.8) is 0 Å². The molecule has 4 nitrogen and oxygen atoms in total. The van der Waals surface area contributed by atoms with Crippen LogP contribution in [0.1, 0.15) is 41.5 Å². The van der Waals surface area contributed by atoms with Gasteiger partial charge in [0.1, 0.15) is 11.3 Å². The Morgan fingerprint density at radius 1 is 1.30 bits per heavy atom. The van der Waals surface area contributed by atoms with Crippen LogP contribution in [-0.4, -0.2) is 20.3 Å². The number of aromatic nitrogens is 2. The van der Waals surface area contributed by atoms with Crippen LogP contribution in [0, 0.1) is 5.82 Å². The first-order valence-corrected chi connectivity index (χ1v) is 7.61. The number of carbonyl (C=O) groups excluding carboxylic acids is 1. The van der Waals surface area contributed by atoms with E-state index < -0.39 is 11.6 Å². The first kappa shape index (κ1) is 15.2. The lowest BCUT2D eigenvalue weighted by Crippen LogP contribution is -2.09. The number of benzene rings is 1. The molecule has 118 valence electrons. The Labute approximate surface area is 133 Å². The van der Waals surface area contributed by atoms with Crippen LogP contribution in [0.4, 0.5) is 4.39 Å². The molecule has 2 aromatic heterocycles. The minimum absolute atomic E-state index is 0.198. The number of hydrogen-bond donors (Lipinski definition) is 1. The summed E-state index contributed by atoms with van der Waals surface area (Å²) in [7, 11) is 0. The highest BCUT2D eigenvalue weighted by Crippen LogP contribution is 2.22. The number of ketones is 1. The summed E-state index contributed by atoms with van der Waals surface area (Å²) in [5.74, 6) is -1.57. The van der Waals surface area contributed by atoms with E-state index in [1.54, 1.807) is 10.6 Å². The van der Waals surface area contributed by atoms with Crippen LogP contribution >= 0.6 is 0 Å². The molecule has 0 fully saturated rings. The van der Waals surface area contributed by atoms with Gasteiger partial charge in [-0.25, -0.2) is 9.37 Å². The zero-order chi connectivity index (χ0) is 16.4. The van der Waals surface area contributed by atoms with Crippen LogP contribution in [0.3, 0.4) is 0 Å². The van der Waals surface area contributed by atoms with E-state index in [1.807, 2.05) is 18.2 Å². The van der Waals surface area contributed by atoms with Crippen molar-refractivity contribution in [1.29, 1.82) is 0 Å². The van der Waals surface area contributed by atoms with Crippen molar-refractivity contribution in [2.75, 3.05) is 0 Å². The number of phenols is 1. The number of fused-ring (bicyclic) bond motifs is 1. The summed E-state index contributed by atoms with van der Waals surface area (Å²) in [6.45, 7) is 2.08. The van der Waals surface area contributed by atoms with E-state index >= 15 is 0 Å². The van der Waals surface area contributed by atoms with Gasteiger partial charge in [-0.15, -0.1) is 0 Å². The second kappa shape index (κ2) is 6.20. The second-order valence-corrected chi connectivity index (χ2v) is 5.43. The predicted molar refractivity (Wildman–Crippen MR) is 85.3 cm³/mol. The van der Waals surface area contributed by atoms with E-state index in [0.29, 0.717) is 17.8 Å². The molecule has 0 radical (unpaired) electrons. The average Bonchev–Trinajstić information content (AvgIpc) is 2.93. The third-order valence-electron chi connectivity index (χ3n) is 3.79. The molecule has 0 saturated carbocycles. The minimum Gasteiger partial charge on any atom is -0.505 e. The van der Waals surface area contributed by atoms with Crippen molar-refractivity contribution in [1.82, 2.24) is 9.38 Å². The van der Waals surface area contributed by atoms with Crippen LogP contribution in [-0.2, 0) is 6.42 Å². The van der Waals surface area contributed by atoms with Crippen molar-refractivity contribution in [2.45, 2.75) is 26.2 Å². The maximum absolute atomic E-state index is 13.6. The summed E-state index contributed by atoms with van der Waals surface area (Å²) >= 11 is 0. The molecule has 0 aliphatic carbocycles. The highest BCUT2D eigenvalue weighted by atomic mass is 19.1. The molecule has 0 aliphatic rings.